The van der Waals surface area contributed by atoms with Crippen LogP contribution in [-0.2, 0) is 17.9 Å². The van der Waals surface area contributed by atoms with Gasteiger partial charge in [-0.25, -0.2) is 15.0 Å². The molecule has 0 saturated heterocycles. The molecule has 0 unspecified atom stereocenters. The fourth-order valence-corrected chi connectivity index (χ4v) is 4.10. The summed E-state index contributed by atoms with van der Waals surface area (Å²) in [6.07, 6.45) is 1.50. The van der Waals surface area contributed by atoms with Gasteiger partial charge in [0.2, 0.25) is 0 Å². The Labute approximate surface area is 220 Å². The van der Waals surface area contributed by atoms with Gasteiger partial charge < -0.3 is 15.0 Å². The maximum absolute atomic E-state index is 12.8. The molecule has 0 bridgehead atoms. The van der Waals surface area contributed by atoms with E-state index in [0.717, 1.165) is 11.1 Å². The predicted octanol–water partition coefficient (Wildman–Crippen LogP) is 4.70. The summed E-state index contributed by atoms with van der Waals surface area (Å²) in [4.78, 5) is 17.3. The summed E-state index contributed by atoms with van der Waals surface area (Å²) in [6.45, 7) is 0.149. The van der Waals surface area contributed by atoms with Crippen molar-refractivity contribution in [2.24, 2.45) is 5.10 Å². The van der Waals surface area contributed by atoms with E-state index < -0.39 is 0 Å². The fourth-order valence-electron chi connectivity index (χ4n) is 3.63. The number of rotatable bonds is 8. The molecule has 0 aliphatic rings. The zero-order valence-electron chi connectivity index (χ0n) is 19.1. The average molecular weight is 536 g/mol. The van der Waals surface area contributed by atoms with E-state index in [1.807, 2.05) is 42.5 Å². The molecule has 0 aliphatic carbocycles. The smallest absolute Gasteiger partial charge is 0.260 e. The van der Waals surface area contributed by atoms with Gasteiger partial charge in [-0.05, 0) is 46.7 Å². The number of para-hydroxylation sites is 3. The zero-order chi connectivity index (χ0) is 25.8. The molecule has 186 valence electrons. The van der Waals surface area contributed by atoms with Gasteiger partial charge in [-0.15, -0.1) is 0 Å². The normalized spacial score (nSPS) is 11.3. The Morgan fingerprint density at radius 3 is 2.73 bits per heavy atom. The number of hydrazone groups is 1. The number of anilines is 1. The molecule has 12 heteroatoms. The van der Waals surface area contributed by atoms with Crippen LogP contribution in [0.1, 0.15) is 11.1 Å². The standard InChI is InChI=1S/C25H19Cl2N7O3/c26-17-10-9-16(18(27)11-17)14-36-21-8-4-1-5-15(21)12-29-31-22(35)13-34-20-7-3-2-6-19(20)30-25(34)23-24(28)33-37-32-23/h1-12H,13-14H2,(H2,28,33)(H,31,35)/b29-12+. The number of hydrogen-bond donors (Lipinski definition) is 2. The van der Waals surface area contributed by atoms with Crippen LogP contribution in [0.4, 0.5) is 5.82 Å². The van der Waals surface area contributed by atoms with E-state index in [4.69, 9.17) is 38.3 Å². The quantitative estimate of drug-likeness (QED) is 0.217. The second-order valence-corrected chi connectivity index (χ2v) is 8.71. The third-order valence-corrected chi connectivity index (χ3v) is 5.98. The second kappa shape index (κ2) is 10.7. The molecule has 0 spiro atoms. The molecule has 37 heavy (non-hydrogen) atoms. The highest BCUT2D eigenvalue weighted by Gasteiger charge is 2.20. The second-order valence-electron chi connectivity index (χ2n) is 7.86. The van der Waals surface area contributed by atoms with Gasteiger partial charge in [0.1, 0.15) is 18.9 Å². The number of nitrogen functional groups attached to an aromatic ring is 1. The number of amides is 1. The maximum atomic E-state index is 12.8. The number of halogens is 2. The molecule has 2 heterocycles. The Morgan fingerprint density at radius 2 is 1.92 bits per heavy atom. The lowest BCUT2D eigenvalue weighted by Gasteiger charge is -2.10. The zero-order valence-corrected chi connectivity index (χ0v) is 20.6. The number of nitrogens with two attached hydrogens (primary N) is 1. The molecule has 2 aromatic heterocycles. The van der Waals surface area contributed by atoms with Crippen molar-refractivity contribution in [3.8, 4) is 17.3 Å². The van der Waals surface area contributed by atoms with E-state index in [1.165, 1.54) is 6.21 Å². The molecule has 5 rings (SSSR count). The predicted molar refractivity (Wildman–Crippen MR) is 140 cm³/mol. The Balaban J connectivity index is 1.29. The molecule has 3 aromatic carbocycles. The summed E-state index contributed by atoms with van der Waals surface area (Å²) in [7, 11) is 0. The van der Waals surface area contributed by atoms with Gasteiger partial charge in [0.15, 0.2) is 17.3 Å². The van der Waals surface area contributed by atoms with Crippen LogP contribution in [0.15, 0.2) is 76.5 Å². The number of aromatic nitrogens is 4. The number of imidazole rings is 1. The highest BCUT2D eigenvalue weighted by molar-refractivity contribution is 6.35. The molecular formula is C25H19Cl2N7O3. The van der Waals surface area contributed by atoms with Crippen molar-refractivity contribution >= 4 is 52.2 Å². The fraction of sp³-hybridized carbons (Fsp3) is 0.0800. The average Bonchev–Trinajstić information content (AvgIpc) is 3.47. The van der Waals surface area contributed by atoms with Gasteiger partial charge >= 0.3 is 0 Å². The first-order chi connectivity index (χ1) is 18.0. The number of fused-ring (bicyclic) bond motifs is 1. The van der Waals surface area contributed by atoms with E-state index in [-0.39, 0.29) is 30.6 Å². The monoisotopic (exact) mass is 535 g/mol. The summed E-state index contributed by atoms with van der Waals surface area (Å²) < 4.78 is 12.3. The van der Waals surface area contributed by atoms with Crippen LogP contribution >= 0.6 is 23.2 Å². The van der Waals surface area contributed by atoms with Gasteiger partial charge in [0, 0.05) is 21.2 Å². The largest absolute Gasteiger partial charge is 0.488 e. The van der Waals surface area contributed by atoms with Crippen LogP contribution < -0.4 is 15.9 Å². The van der Waals surface area contributed by atoms with E-state index in [1.54, 1.807) is 28.8 Å². The molecule has 5 aromatic rings. The van der Waals surface area contributed by atoms with Crippen LogP contribution in [0.5, 0.6) is 5.75 Å². The van der Waals surface area contributed by atoms with Crippen molar-refractivity contribution < 1.29 is 14.2 Å². The third kappa shape index (κ3) is 5.40. The number of carbonyl (C=O) groups excluding carboxylic acids is 1. The lowest BCUT2D eigenvalue weighted by Crippen LogP contribution is -2.23. The van der Waals surface area contributed by atoms with Crippen molar-refractivity contribution in [1.29, 1.82) is 0 Å². The number of nitrogens with zero attached hydrogens (tertiary/aromatic N) is 5. The molecule has 10 nitrogen and oxygen atoms in total. The lowest BCUT2D eigenvalue weighted by molar-refractivity contribution is -0.121. The highest BCUT2D eigenvalue weighted by atomic mass is 35.5. The van der Waals surface area contributed by atoms with Crippen LogP contribution in [-0.4, -0.2) is 32.0 Å². The van der Waals surface area contributed by atoms with Crippen LogP contribution in [0.25, 0.3) is 22.6 Å². The van der Waals surface area contributed by atoms with Crippen LogP contribution in [0.2, 0.25) is 10.0 Å². The Bertz CT molecular complexity index is 1610. The maximum Gasteiger partial charge on any atom is 0.260 e. The van der Waals surface area contributed by atoms with Crippen molar-refractivity contribution in [2.45, 2.75) is 13.2 Å². The molecule has 0 aliphatic heterocycles. The van der Waals surface area contributed by atoms with Gasteiger partial charge in [-0.2, -0.15) is 5.10 Å². The summed E-state index contributed by atoms with van der Waals surface area (Å²) >= 11 is 12.2. The summed E-state index contributed by atoms with van der Waals surface area (Å²) in [5.74, 6) is 0.621. The molecule has 3 N–H and O–H groups in total. The van der Waals surface area contributed by atoms with Crippen molar-refractivity contribution in [1.82, 2.24) is 25.3 Å². The number of benzene rings is 3. The van der Waals surface area contributed by atoms with Gasteiger partial charge in [-0.1, -0.05) is 53.5 Å². The molecule has 0 saturated carbocycles. The minimum atomic E-state index is -0.387. The van der Waals surface area contributed by atoms with E-state index in [2.05, 4.69) is 25.8 Å². The van der Waals surface area contributed by atoms with Crippen molar-refractivity contribution in [3.05, 3.63) is 87.9 Å². The number of ether oxygens (including phenoxy) is 1. The van der Waals surface area contributed by atoms with Crippen molar-refractivity contribution in [2.75, 3.05) is 5.73 Å². The molecule has 0 atom stereocenters. The van der Waals surface area contributed by atoms with Gasteiger partial charge in [-0.3, -0.25) is 4.79 Å². The minimum absolute atomic E-state index is 0.0754. The number of carbonyl (C=O) groups is 1. The highest BCUT2D eigenvalue weighted by Crippen LogP contribution is 2.27. The minimum Gasteiger partial charge on any atom is -0.488 e. The first-order valence-corrected chi connectivity index (χ1v) is 11.8. The van der Waals surface area contributed by atoms with E-state index in [9.17, 15) is 4.79 Å². The first-order valence-electron chi connectivity index (χ1n) is 11.0. The summed E-state index contributed by atoms with van der Waals surface area (Å²) in [5, 5.41) is 12.6. The SMILES string of the molecule is Nc1nonc1-c1nc2ccccc2n1CC(=O)N/N=C/c1ccccc1OCc1ccc(Cl)cc1Cl. The van der Waals surface area contributed by atoms with Gasteiger partial charge in [0.05, 0.1) is 17.2 Å². The summed E-state index contributed by atoms with van der Waals surface area (Å²) in [6, 6.07) is 19.9. The number of hydrogen-bond acceptors (Lipinski definition) is 8. The first kappa shape index (κ1) is 24.3. The topological polar surface area (TPSA) is 133 Å². The third-order valence-electron chi connectivity index (χ3n) is 5.39. The molecule has 0 fully saturated rings. The Hall–Kier alpha value is -4.41. The summed E-state index contributed by atoms with van der Waals surface area (Å²) in [5.41, 5.74) is 11.5. The molecular weight excluding hydrogens is 517 g/mol. The number of nitrogens with one attached hydrogen (secondary N) is 1. The lowest BCUT2D eigenvalue weighted by atomic mass is 10.2. The van der Waals surface area contributed by atoms with Crippen LogP contribution in [0.3, 0.4) is 0 Å². The van der Waals surface area contributed by atoms with E-state index in [0.29, 0.717) is 32.7 Å². The van der Waals surface area contributed by atoms with Crippen LogP contribution in [0, 0.1) is 0 Å². The van der Waals surface area contributed by atoms with Crippen molar-refractivity contribution in [3.63, 3.8) is 0 Å². The van der Waals surface area contributed by atoms with Gasteiger partial charge in [0.25, 0.3) is 5.91 Å². The Kier molecular flexibility index (Phi) is 7.02. The van der Waals surface area contributed by atoms with E-state index >= 15 is 0 Å². The Morgan fingerprint density at radius 1 is 1.11 bits per heavy atom. The molecule has 0 radical (unpaired) electrons. The molecule has 1 amide bonds.